The number of ether oxygens (including phenoxy) is 3. The normalized spacial score (nSPS) is 12.9. The van der Waals surface area contributed by atoms with E-state index in [4.69, 9.17) is 9.47 Å². The molecule has 0 radical (unpaired) electrons. The summed E-state index contributed by atoms with van der Waals surface area (Å²) in [4.78, 5) is 22.7. The minimum atomic E-state index is -4.52. The second-order valence-electron chi connectivity index (χ2n) is 4.04. The van der Waals surface area contributed by atoms with Gasteiger partial charge in [0, 0.05) is 0 Å². The molecule has 9 heteroatoms. The number of benzene rings is 1. The molecule has 6 nitrogen and oxygen atoms in total. The van der Waals surface area contributed by atoms with E-state index in [0.29, 0.717) is 11.5 Å². The highest BCUT2D eigenvalue weighted by Crippen LogP contribution is 2.32. The van der Waals surface area contributed by atoms with Gasteiger partial charge in [-0.2, -0.15) is 13.2 Å². The van der Waals surface area contributed by atoms with Gasteiger partial charge < -0.3 is 19.5 Å². The Morgan fingerprint density at radius 1 is 1.24 bits per heavy atom. The summed E-state index contributed by atoms with van der Waals surface area (Å²) in [6.07, 6.45) is -4.52. The fraction of sp³-hybridized carbons (Fsp3) is 0.333. The highest BCUT2D eigenvalue weighted by atomic mass is 19.4. The summed E-state index contributed by atoms with van der Waals surface area (Å²) >= 11 is 0. The van der Waals surface area contributed by atoms with Gasteiger partial charge in [0.25, 0.3) is 5.91 Å². The lowest BCUT2D eigenvalue weighted by Crippen LogP contribution is -2.36. The van der Waals surface area contributed by atoms with Crippen molar-refractivity contribution in [2.24, 2.45) is 0 Å². The zero-order chi connectivity index (χ0) is 15.5. The number of carbonyl (C=O) groups is 2. The van der Waals surface area contributed by atoms with Gasteiger partial charge in [0.1, 0.15) is 6.54 Å². The molecule has 1 heterocycles. The molecule has 0 spiro atoms. The zero-order valence-corrected chi connectivity index (χ0v) is 10.5. The van der Waals surface area contributed by atoms with Crippen molar-refractivity contribution >= 4 is 11.9 Å². The van der Waals surface area contributed by atoms with Crippen LogP contribution < -0.4 is 14.8 Å². The zero-order valence-electron chi connectivity index (χ0n) is 10.5. The molecule has 0 unspecified atom stereocenters. The van der Waals surface area contributed by atoms with Crippen molar-refractivity contribution < 1.29 is 37.0 Å². The first-order valence-electron chi connectivity index (χ1n) is 5.75. The van der Waals surface area contributed by atoms with Crippen LogP contribution >= 0.6 is 0 Å². The van der Waals surface area contributed by atoms with Crippen molar-refractivity contribution in [1.82, 2.24) is 5.32 Å². The van der Waals surface area contributed by atoms with Crippen LogP contribution in [0, 0.1) is 0 Å². The SMILES string of the molecule is O=C(COC(=O)c1ccc2c(c1)OCO2)NCC(F)(F)F. The predicted molar refractivity (Wildman–Crippen MR) is 61.9 cm³/mol. The molecule has 1 aliphatic rings. The standard InChI is InChI=1S/C12H10F3NO5/c13-12(14,15)5-16-10(17)4-19-11(18)7-1-2-8-9(3-7)21-6-20-8/h1-3H,4-6H2,(H,16,17). The number of rotatable bonds is 4. The number of fused-ring (bicyclic) bond motifs is 1. The van der Waals surface area contributed by atoms with Gasteiger partial charge in [-0.1, -0.05) is 0 Å². The average Bonchev–Trinajstić information content (AvgIpc) is 2.89. The van der Waals surface area contributed by atoms with E-state index in [2.05, 4.69) is 4.74 Å². The number of halogens is 3. The molecule has 0 bridgehead atoms. The van der Waals surface area contributed by atoms with Crippen molar-refractivity contribution in [3.63, 3.8) is 0 Å². The maximum Gasteiger partial charge on any atom is 0.405 e. The Morgan fingerprint density at radius 2 is 1.95 bits per heavy atom. The van der Waals surface area contributed by atoms with Gasteiger partial charge in [-0.25, -0.2) is 4.79 Å². The van der Waals surface area contributed by atoms with Gasteiger partial charge in [-0.15, -0.1) is 0 Å². The van der Waals surface area contributed by atoms with E-state index in [9.17, 15) is 22.8 Å². The van der Waals surface area contributed by atoms with Crippen molar-refractivity contribution in [3.05, 3.63) is 23.8 Å². The van der Waals surface area contributed by atoms with E-state index >= 15 is 0 Å². The molecule has 21 heavy (non-hydrogen) atoms. The Kier molecular flexibility index (Phi) is 4.20. The largest absolute Gasteiger partial charge is 0.454 e. The second-order valence-corrected chi connectivity index (χ2v) is 4.04. The summed E-state index contributed by atoms with van der Waals surface area (Å²) in [7, 11) is 0. The maximum atomic E-state index is 11.9. The predicted octanol–water partition coefficient (Wildman–Crippen LogP) is 1.25. The Bertz CT molecular complexity index is 558. The van der Waals surface area contributed by atoms with Gasteiger partial charge >= 0.3 is 12.1 Å². The summed E-state index contributed by atoms with van der Waals surface area (Å²) in [6, 6.07) is 4.24. The van der Waals surface area contributed by atoms with Crippen LogP contribution in [-0.4, -0.2) is 38.0 Å². The summed E-state index contributed by atoms with van der Waals surface area (Å²) < 4.78 is 50.3. The third kappa shape index (κ3) is 4.26. The summed E-state index contributed by atoms with van der Waals surface area (Å²) in [6.45, 7) is -2.25. The molecule has 0 aliphatic carbocycles. The molecule has 2 rings (SSSR count). The van der Waals surface area contributed by atoms with E-state index in [1.165, 1.54) is 18.2 Å². The molecule has 0 aromatic heterocycles. The van der Waals surface area contributed by atoms with Crippen molar-refractivity contribution in [2.75, 3.05) is 19.9 Å². The number of esters is 1. The van der Waals surface area contributed by atoms with Gasteiger partial charge in [0.15, 0.2) is 18.1 Å². The number of carbonyl (C=O) groups excluding carboxylic acids is 2. The first kappa shape index (κ1) is 14.9. The molecular formula is C12H10F3NO5. The van der Waals surface area contributed by atoms with Crippen LogP contribution in [0.3, 0.4) is 0 Å². The van der Waals surface area contributed by atoms with Gasteiger partial charge in [-0.05, 0) is 18.2 Å². The maximum absolute atomic E-state index is 11.9. The van der Waals surface area contributed by atoms with Gasteiger partial charge in [0.05, 0.1) is 5.56 Å². The van der Waals surface area contributed by atoms with E-state index in [1.807, 2.05) is 0 Å². The number of hydrogen-bond donors (Lipinski definition) is 1. The lowest BCUT2D eigenvalue weighted by atomic mass is 10.2. The minimum Gasteiger partial charge on any atom is -0.454 e. The fourth-order valence-corrected chi connectivity index (χ4v) is 1.49. The monoisotopic (exact) mass is 305 g/mol. The van der Waals surface area contributed by atoms with Crippen LogP contribution in [0.4, 0.5) is 13.2 Å². The minimum absolute atomic E-state index is 0.0354. The lowest BCUT2D eigenvalue weighted by Gasteiger charge is -2.09. The van der Waals surface area contributed by atoms with Crippen LogP contribution in [0.25, 0.3) is 0 Å². The highest BCUT2D eigenvalue weighted by Gasteiger charge is 2.27. The molecule has 0 saturated heterocycles. The van der Waals surface area contributed by atoms with Crippen LogP contribution in [0.2, 0.25) is 0 Å². The van der Waals surface area contributed by atoms with Crippen LogP contribution in [-0.2, 0) is 9.53 Å². The van der Waals surface area contributed by atoms with E-state index in [0.717, 1.165) is 0 Å². The van der Waals surface area contributed by atoms with Crippen LogP contribution in [0.1, 0.15) is 10.4 Å². The molecule has 1 aromatic carbocycles. The fourth-order valence-electron chi connectivity index (χ4n) is 1.49. The summed E-state index contributed by atoms with van der Waals surface area (Å²) in [5, 5.41) is 1.59. The molecule has 0 atom stereocenters. The van der Waals surface area contributed by atoms with E-state index in [-0.39, 0.29) is 12.4 Å². The third-order valence-corrected chi connectivity index (χ3v) is 2.43. The highest BCUT2D eigenvalue weighted by molar-refractivity contribution is 5.92. The van der Waals surface area contributed by atoms with Crippen molar-refractivity contribution in [3.8, 4) is 11.5 Å². The number of alkyl halides is 3. The second kappa shape index (κ2) is 5.90. The molecule has 1 N–H and O–H groups in total. The Labute approximate surface area is 116 Å². The number of nitrogens with one attached hydrogen (secondary N) is 1. The van der Waals surface area contributed by atoms with Crippen LogP contribution in [0.5, 0.6) is 11.5 Å². The van der Waals surface area contributed by atoms with Crippen molar-refractivity contribution in [1.29, 1.82) is 0 Å². The third-order valence-electron chi connectivity index (χ3n) is 2.43. The average molecular weight is 305 g/mol. The molecule has 114 valence electrons. The lowest BCUT2D eigenvalue weighted by molar-refractivity contribution is -0.140. The Hall–Kier alpha value is -2.45. The Balaban J connectivity index is 1.83. The number of amides is 1. The molecule has 0 saturated carbocycles. The van der Waals surface area contributed by atoms with Crippen LogP contribution in [0.15, 0.2) is 18.2 Å². The topological polar surface area (TPSA) is 73.9 Å². The molecular weight excluding hydrogens is 295 g/mol. The van der Waals surface area contributed by atoms with E-state index < -0.39 is 31.2 Å². The first-order chi connectivity index (χ1) is 9.85. The van der Waals surface area contributed by atoms with Crippen molar-refractivity contribution in [2.45, 2.75) is 6.18 Å². The van der Waals surface area contributed by atoms with Gasteiger partial charge in [-0.3, -0.25) is 4.79 Å². The quantitative estimate of drug-likeness (QED) is 0.848. The summed E-state index contributed by atoms with van der Waals surface area (Å²) in [5.41, 5.74) is 0.0999. The smallest absolute Gasteiger partial charge is 0.405 e. The molecule has 0 fully saturated rings. The molecule has 1 aliphatic heterocycles. The molecule has 1 aromatic rings. The molecule has 1 amide bonds. The van der Waals surface area contributed by atoms with Gasteiger partial charge in [0.2, 0.25) is 6.79 Å². The summed E-state index contributed by atoms with van der Waals surface area (Å²) in [5.74, 6) is -1.07. The number of hydrogen-bond acceptors (Lipinski definition) is 5. The van der Waals surface area contributed by atoms with E-state index in [1.54, 1.807) is 5.32 Å². The Morgan fingerprint density at radius 3 is 2.67 bits per heavy atom. The first-order valence-corrected chi connectivity index (χ1v) is 5.75.